The van der Waals surface area contributed by atoms with Crippen molar-refractivity contribution in [2.45, 2.75) is 0 Å². The van der Waals surface area contributed by atoms with E-state index in [0.29, 0.717) is 10.7 Å². The number of aliphatic imine (C=N–C) groups is 1. The third kappa shape index (κ3) is 1.13. The van der Waals surface area contributed by atoms with Gasteiger partial charge in [0.1, 0.15) is 5.71 Å². The van der Waals surface area contributed by atoms with Crippen molar-refractivity contribution >= 4 is 28.9 Å². The van der Waals surface area contributed by atoms with Crippen LogP contribution in [0.4, 0.5) is 5.69 Å². The van der Waals surface area contributed by atoms with Crippen LogP contribution in [-0.2, 0) is 4.79 Å². The smallest absolute Gasteiger partial charge is 0.276 e. The van der Waals surface area contributed by atoms with E-state index in [2.05, 4.69) is 4.99 Å². The van der Waals surface area contributed by atoms with Crippen LogP contribution in [0.5, 0.6) is 0 Å². The van der Waals surface area contributed by atoms with Gasteiger partial charge in [0.25, 0.3) is 5.91 Å². The Morgan fingerprint density at radius 1 is 1.43 bits per heavy atom. The maximum Gasteiger partial charge on any atom is 0.276 e. The SMILES string of the molecule is C/N=C1/C(=O)N(C)c2ccc(Cl)cc21. The first-order valence-electron chi connectivity index (χ1n) is 4.20. The average Bonchev–Trinajstić information content (AvgIpc) is 2.39. The van der Waals surface area contributed by atoms with Crippen molar-refractivity contribution in [2.75, 3.05) is 19.0 Å². The summed E-state index contributed by atoms with van der Waals surface area (Å²) in [7, 11) is 3.34. The van der Waals surface area contributed by atoms with Gasteiger partial charge in [-0.1, -0.05) is 11.6 Å². The summed E-state index contributed by atoms with van der Waals surface area (Å²) in [5.74, 6) is -0.0789. The van der Waals surface area contributed by atoms with Crippen LogP contribution in [0.3, 0.4) is 0 Å². The Hall–Kier alpha value is -1.35. The number of nitrogens with zero attached hydrogens (tertiary/aromatic N) is 2. The first-order chi connectivity index (χ1) is 6.65. The van der Waals surface area contributed by atoms with Gasteiger partial charge in [-0.05, 0) is 18.2 Å². The summed E-state index contributed by atoms with van der Waals surface area (Å²) in [6, 6.07) is 5.36. The van der Waals surface area contributed by atoms with E-state index in [1.807, 2.05) is 6.07 Å². The number of hydrogen-bond acceptors (Lipinski definition) is 2. The summed E-state index contributed by atoms with van der Waals surface area (Å²) in [6.45, 7) is 0. The second kappa shape index (κ2) is 3.10. The van der Waals surface area contributed by atoms with Crippen molar-refractivity contribution in [2.24, 2.45) is 4.99 Å². The Morgan fingerprint density at radius 3 is 2.79 bits per heavy atom. The molecule has 14 heavy (non-hydrogen) atoms. The summed E-state index contributed by atoms with van der Waals surface area (Å²) < 4.78 is 0. The molecule has 0 aromatic heterocycles. The number of carbonyl (C=O) groups is 1. The molecule has 0 saturated carbocycles. The first kappa shape index (κ1) is 9.21. The number of anilines is 1. The zero-order chi connectivity index (χ0) is 10.3. The lowest BCUT2D eigenvalue weighted by Crippen LogP contribution is -2.25. The van der Waals surface area contributed by atoms with Crippen LogP contribution in [0, 0.1) is 0 Å². The first-order valence-corrected chi connectivity index (χ1v) is 4.57. The fourth-order valence-electron chi connectivity index (χ4n) is 1.59. The lowest BCUT2D eigenvalue weighted by Gasteiger charge is -2.07. The van der Waals surface area contributed by atoms with Crippen LogP contribution in [0.25, 0.3) is 0 Å². The molecule has 2 rings (SSSR count). The molecule has 0 radical (unpaired) electrons. The van der Waals surface area contributed by atoms with Crippen molar-refractivity contribution in [1.29, 1.82) is 0 Å². The van der Waals surface area contributed by atoms with Crippen LogP contribution in [0.15, 0.2) is 23.2 Å². The quantitative estimate of drug-likeness (QED) is 0.639. The van der Waals surface area contributed by atoms with Gasteiger partial charge in [-0.2, -0.15) is 0 Å². The van der Waals surface area contributed by atoms with E-state index >= 15 is 0 Å². The molecule has 0 spiro atoms. The Bertz CT molecular complexity index is 440. The topological polar surface area (TPSA) is 32.7 Å². The van der Waals surface area contributed by atoms with Crippen molar-refractivity contribution in [3.05, 3.63) is 28.8 Å². The molecule has 4 heteroatoms. The number of rotatable bonds is 0. The molecule has 0 bridgehead atoms. The molecule has 1 heterocycles. The lowest BCUT2D eigenvalue weighted by atomic mass is 10.1. The van der Waals surface area contributed by atoms with Crippen molar-refractivity contribution in [1.82, 2.24) is 0 Å². The summed E-state index contributed by atoms with van der Waals surface area (Å²) in [5, 5.41) is 0.619. The summed E-state index contributed by atoms with van der Waals surface area (Å²) >= 11 is 5.86. The minimum Gasteiger partial charge on any atom is -0.309 e. The van der Waals surface area contributed by atoms with Gasteiger partial charge in [0, 0.05) is 24.7 Å². The molecule has 0 fully saturated rings. The maximum atomic E-state index is 11.7. The highest BCUT2D eigenvalue weighted by Gasteiger charge is 2.30. The molecule has 1 aromatic rings. The molecule has 72 valence electrons. The molecule has 0 unspecified atom stereocenters. The number of halogens is 1. The minimum atomic E-state index is -0.0789. The monoisotopic (exact) mass is 208 g/mol. The number of amides is 1. The van der Waals surface area contributed by atoms with Gasteiger partial charge in [-0.3, -0.25) is 9.79 Å². The van der Waals surface area contributed by atoms with Gasteiger partial charge in [0.15, 0.2) is 0 Å². The van der Waals surface area contributed by atoms with E-state index in [1.54, 1.807) is 31.1 Å². The molecular weight excluding hydrogens is 200 g/mol. The van der Waals surface area contributed by atoms with Gasteiger partial charge in [0.2, 0.25) is 0 Å². The van der Waals surface area contributed by atoms with E-state index < -0.39 is 0 Å². The fraction of sp³-hybridized carbons (Fsp3) is 0.200. The standard InChI is InChI=1S/C10H9ClN2O/c1-12-9-7-5-6(11)3-4-8(7)13(2)10(9)14/h3-5H,1-2H3/b12-9+. The van der Waals surface area contributed by atoms with Crippen LogP contribution in [-0.4, -0.2) is 25.7 Å². The van der Waals surface area contributed by atoms with E-state index in [9.17, 15) is 4.79 Å². The van der Waals surface area contributed by atoms with Crippen molar-refractivity contribution in [3.8, 4) is 0 Å². The predicted octanol–water partition coefficient (Wildman–Crippen LogP) is 1.74. The highest BCUT2D eigenvalue weighted by molar-refractivity contribution is 6.54. The molecular formula is C10H9ClN2O. The largest absolute Gasteiger partial charge is 0.309 e. The molecule has 0 saturated heterocycles. The Balaban J connectivity index is 2.68. The van der Waals surface area contributed by atoms with E-state index in [-0.39, 0.29) is 5.91 Å². The van der Waals surface area contributed by atoms with Crippen LogP contribution >= 0.6 is 11.6 Å². The van der Waals surface area contributed by atoms with Crippen LogP contribution in [0.2, 0.25) is 5.02 Å². The summed E-state index contributed by atoms with van der Waals surface area (Å²) in [4.78, 5) is 17.2. The molecule has 1 amide bonds. The summed E-state index contributed by atoms with van der Waals surface area (Å²) in [5.41, 5.74) is 2.15. The van der Waals surface area contributed by atoms with Gasteiger partial charge in [0.05, 0.1) is 5.69 Å². The van der Waals surface area contributed by atoms with Crippen LogP contribution < -0.4 is 4.90 Å². The Labute approximate surface area is 87.0 Å². The van der Waals surface area contributed by atoms with Gasteiger partial charge in [-0.15, -0.1) is 0 Å². The van der Waals surface area contributed by atoms with Crippen LogP contribution in [0.1, 0.15) is 5.56 Å². The van der Waals surface area contributed by atoms with Gasteiger partial charge in [-0.25, -0.2) is 0 Å². The highest BCUT2D eigenvalue weighted by Crippen LogP contribution is 2.30. The second-order valence-electron chi connectivity index (χ2n) is 3.10. The molecule has 1 aliphatic rings. The normalized spacial score (nSPS) is 17.8. The Morgan fingerprint density at radius 2 is 2.14 bits per heavy atom. The Kier molecular flexibility index (Phi) is 2.04. The third-order valence-electron chi connectivity index (χ3n) is 2.31. The zero-order valence-electron chi connectivity index (χ0n) is 7.91. The minimum absolute atomic E-state index is 0.0789. The van der Waals surface area contributed by atoms with Crippen molar-refractivity contribution < 1.29 is 4.79 Å². The molecule has 3 nitrogen and oxygen atoms in total. The fourth-order valence-corrected chi connectivity index (χ4v) is 1.76. The van der Waals surface area contributed by atoms with E-state index in [1.165, 1.54) is 0 Å². The lowest BCUT2D eigenvalue weighted by molar-refractivity contribution is -0.111. The number of fused-ring (bicyclic) bond motifs is 1. The van der Waals surface area contributed by atoms with Crippen molar-refractivity contribution in [3.63, 3.8) is 0 Å². The van der Waals surface area contributed by atoms with Gasteiger partial charge >= 0.3 is 0 Å². The number of carbonyl (C=O) groups excluding carboxylic acids is 1. The summed E-state index contributed by atoms with van der Waals surface area (Å²) in [6.07, 6.45) is 0. The number of hydrogen-bond donors (Lipinski definition) is 0. The molecule has 0 atom stereocenters. The zero-order valence-corrected chi connectivity index (χ0v) is 8.67. The third-order valence-corrected chi connectivity index (χ3v) is 2.54. The van der Waals surface area contributed by atoms with E-state index in [4.69, 9.17) is 11.6 Å². The molecule has 1 aliphatic heterocycles. The number of likely N-dealkylation sites (N-methyl/N-ethyl adjacent to an activating group) is 1. The second-order valence-corrected chi connectivity index (χ2v) is 3.53. The maximum absolute atomic E-state index is 11.7. The highest BCUT2D eigenvalue weighted by atomic mass is 35.5. The predicted molar refractivity (Wildman–Crippen MR) is 57.3 cm³/mol. The molecule has 0 N–H and O–H groups in total. The molecule has 1 aromatic carbocycles. The number of benzene rings is 1. The van der Waals surface area contributed by atoms with Gasteiger partial charge < -0.3 is 4.90 Å². The van der Waals surface area contributed by atoms with E-state index in [0.717, 1.165) is 11.3 Å². The molecule has 0 aliphatic carbocycles. The average molecular weight is 209 g/mol.